The molecule has 0 aromatic heterocycles. The van der Waals surface area contributed by atoms with E-state index in [1.165, 1.54) is 11.6 Å². The van der Waals surface area contributed by atoms with Gasteiger partial charge in [-0.25, -0.2) is 0 Å². The van der Waals surface area contributed by atoms with Crippen LogP contribution >= 0.6 is 15.9 Å². The molecule has 1 atom stereocenters. The van der Waals surface area contributed by atoms with Gasteiger partial charge in [0.2, 0.25) is 0 Å². The Kier molecular flexibility index (Phi) is 6.26. The molecular formula is C17H26BrNO2Si. The molecule has 0 saturated heterocycles. The first-order valence-corrected chi connectivity index (χ1v) is 12.4. The summed E-state index contributed by atoms with van der Waals surface area (Å²) >= 11 is 3.56. The minimum absolute atomic E-state index is 0.127. The second-order valence-electron chi connectivity index (χ2n) is 7.08. The number of hydrogen-bond acceptors (Lipinski definition) is 3. The third-order valence-electron chi connectivity index (χ3n) is 3.82. The summed E-state index contributed by atoms with van der Waals surface area (Å²) in [7, 11) is -1.04. The Morgan fingerprint density at radius 3 is 2.59 bits per heavy atom. The van der Waals surface area contributed by atoms with Crippen molar-refractivity contribution < 1.29 is 9.84 Å². The predicted molar refractivity (Wildman–Crippen MR) is 98.2 cm³/mol. The minimum atomic E-state index is -1.04. The predicted octanol–water partition coefficient (Wildman–Crippen LogP) is 4.39. The quantitative estimate of drug-likeness (QED) is 0.328. The Morgan fingerprint density at radius 1 is 1.27 bits per heavy atom. The average molecular weight is 384 g/mol. The Labute approximate surface area is 143 Å². The molecule has 1 heterocycles. The van der Waals surface area contributed by atoms with Gasteiger partial charge in [0.25, 0.3) is 0 Å². The molecule has 1 N–H and O–H groups in total. The van der Waals surface area contributed by atoms with Crippen LogP contribution in [-0.2, 0) is 11.2 Å². The van der Waals surface area contributed by atoms with Gasteiger partial charge in [-0.15, -0.1) is 0 Å². The number of benzene rings is 1. The van der Waals surface area contributed by atoms with E-state index >= 15 is 0 Å². The van der Waals surface area contributed by atoms with Gasteiger partial charge in [0.15, 0.2) is 0 Å². The van der Waals surface area contributed by atoms with Crippen molar-refractivity contribution in [2.24, 2.45) is 0 Å². The van der Waals surface area contributed by atoms with Crippen molar-refractivity contribution in [3.05, 3.63) is 47.2 Å². The van der Waals surface area contributed by atoms with Crippen molar-refractivity contribution in [1.82, 2.24) is 4.90 Å². The molecule has 5 heteroatoms. The lowest BCUT2D eigenvalue weighted by Crippen LogP contribution is -2.31. The van der Waals surface area contributed by atoms with Crippen LogP contribution in [0.4, 0.5) is 0 Å². The van der Waals surface area contributed by atoms with Crippen molar-refractivity contribution >= 4 is 24.0 Å². The van der Waals surface area contributed by atoms with Crippen LogP contribution in [0.5, 0.6) is 0 Å². The van der Waals surface area contributed by atoms with Crippen LogP contribution in [0.15, 0.2) is 41.7 Å². The van der Waals surface area contributed by atoms with Gasteiger partial charge in [0, 0.05) is 21.2 Å². The van der Waals surface area contributed by atoms with Gasteiger partial charge in [-0.3, -0.25) is 4.90 Å². The number of halogens is 1. The van der Waals surface area contributed by atoms with Crippen LogP contribution in [0.3, 0.4) is 0 Å². The van der Waals surface area contributed by atoms with E-state index < -0.39 is 8.07 Å². The second kappa shape index (κ2) is 7.77. The molecule has 1 aliphatic rings. The van der Waals surface area contributed by atoms with Gasteiger partial charge in [0.05, 0.1) is 0 Å². The van der Waals surface area contributed by atoms with E-state index in [-0.39, 0.29) is 4.95 Å². The summed E-state index contributed by atoms with van der Waals surface area (Å²) in [5.41, 5.74) is 2.30. The first-order valence-electron chi connectivity index (χ1n) is 7.77. The average Bonchev–Trinajstić information content (AvgIpc) is 2.72. The fourth-order valence-electron chi connectivity index (χ4n) is 2.41. The molecule has 0 fully saturated rings. The van der Waals surface area contributed by atoms with Crippen molar-refractivity contribution in [3.8, 4) is 0 Å². The van der Waals surface area contributed by atoms with Gasteiger partial charge in [-0.1, -0.05) is 65.9 Å². The molecule has 2 rings (SSSR count). The molecule has 0 spiro atoms. The highest BCUT2D eigenvalue weighted by molar-refractivity contribution is 9.09. The lowest BCUT2D eigenvalue weighted by Gasteiger charge is -2.22. The van der Waals surface area contributed by atoms with Crippen LogP contribution in [0.2, 0.25) is 25.7 Å². The zero-order chi connectivity index (χ0) is 16.2. The number of aliphatic hydroxyl groups excluding tert-OH is 1. The molecular weight excluding hydrogens is 358 g/mol. The maximum atomic E-state index is 10.3. The smallest absolute Gasteiger partial charge is 0.125 e. The number of nitrogens with zero attached hydrogens (tertiary/aromatic N) is 1. The lowest BCUT2D eigenvalue weighted by atomic mass is 10.1. The Hall–Kier alpha value is -0.623. The highest BCUT2D eigenvalue weighted by atomic mass is 79.9. The van der Waals surface area contributed by atoms with E-state index in [0.717, 1.165) is 25.1 Å². The van der Waals surface area contributed by atoms with E-state index in [0.29, 0.717) is 12.5 Å². The van der Waals surface area contributed by atoms with Gasteiger partial charge >= 0.3 is 0 Å². The third kappa shape index (κ3) is 5.23. The highest BCUT2D eigenvalue weighted by Crippen LogP contribution is 2.29. The van der Waals surface area contributed by atoms with E-state index in [4.69, 9.17) is 4.74 Å². The normalized spacial score (nSPS) is 19.9. The maximum Gasteiger partial charge on any atom is 0.125 e. The number of rotatable bonds is 7. The summed E-state index contributed by atoms with van der Waals surface area (Å²) in [6.07, 6.45) is 0.792. The van der Waals surface area contributed by atoms with Crippen LogP contribution < -0.4 is 0 Å². The molecule has 0 aliphatic carbocycles. The summed E-state index contributed by atoms with van der Waals surface area (Å²) < 4.78 is 5.80. The molecule has 22 heavy (non-hydrogen) atoms. The Bertz CT molecular complexity index is 513. The molecule has 1 aliphatic heterocycles. The lowest BCUT2D eigenvalue weighted by molar-refractivity contribution is 0.0426. The molecule has 0 amide bonds. The number of ether oxygens (including phenoxy) is 1. The van der Waals surface area contributed by atoms with Crippen LogP contribution in [-0.4, -0.2) is 42.9 Å². The van der Waals surface area contributed by atoms with Crippen molar-refractivity contribution in [2.75, 3.05) is 19.9 Å². The van der Waals surface area contributed by atoms with Gasteiger partial charge in [-0.2, -0.15) is 0 Å². The zero-order valence-electron chi connectivity index (χ0n) is 13.7. The highest BCUT2D eigenvalue weighted by Gasteiger charge is 2.30. The summed E-state index contributed by atoms with van der Waals surface area (Å²) in [6.45, 7) is 9.17. The number of alkyl halides is 1. The summed E-state index contributed by atoms with van der Waals surface area (Å²) in [4.78, 5) is 2.00. The molecule has 1 aromatic carbocycles. The van der Waals surface area contributed by atoms with E-state index in [2.05, 4.69) is 52.6 Å². The molecule has 0 radical (unpaired) electrons. The third-order valence-corrected chi connectivity index (χ3v) is 6.53. The van der Waals surface area contributed by atoms with E-state index in [1.54, 1.807) is 0 Å². The van der Waals surface area contributed by atoms with Crippen LogP contribution in [0, 0.1) is 0 Å². The number of aliphatic hydroxyl groups is 1. The molecule has 0 saturated carbocycles. The van der Waals surface area contributed by atoms with E-state index in [1.807, 2.05) is 18.2 Å². The van der Waals surface area contributed by atoms with E-state index in [9.17, 15) is 5.11 Å². The second-order valence-corrected chi connectivity index (χ2v) is 13.6. The standard InChI is InChI=1S/C17H26BrNO2Si/c1-22(2,3)10-9-21-13-19-12-15(16(20)17(19)18)11-14-7-5-4-6-8-14/h4-8,17,20H,9-13H2,1-3H3. The number of hydrogen-bond donors (Lipinski definition) is 1. The maximum absolute atomic E-state index is 10.3. The first-order chi connectivity index (χ1) is 10.4. The van der Waals surface area contributed by atoms with Crippen molar-refractivity contribution in [2.45, 2.75) is 37.1 Å². The largest absolute Gasteiger partial charge is 0.510 e. The molecule has 3 nitrogen and oxygen atoms in total. The first kappa shape index (κ1) is 17.7. The van der Waals surface area contributed by atoms with Crippen molar-refractivity contribution in [3.63, 3.8) is 0 Å². The van der Waals surface area contributed by atoms with Gasteiger partial charge < -0.3 is 9.84 Å². The fourth-order valence-corrected chi connectivity index (χ4v) is 3.75. The van der Waals surface area contributed by atoms with Gasteiger partial charge in [0.1, 0.15) is 17.4 Å². The van der Waals surface area contributed by atoms with Gasteiger partial charge in [-0.05, 0) is 23.6 Å². The SMILES string of the molecule is C[Si](C)(C)CCOCN1CC(Cc2ccccc2)=C(O)C1Br. The Balaban J connectivity index is 1.83. The Morgan fingerprint density at radius 2 is 1.95 bits per heavy atom. The molecule has 0 bridgehead atoms. The fraction of sp³-hybridized carbons (Fsp3) is 0.529. The monoisotopic (exact) mass is 383 g/mol. The topological polar surface area (TPSA) is 32.7 Å². The minimum Gasteiger partial charge on any atom is -0.510 e. The molecule has 122 valence electrons. The van der Waals surface area contributed by atoms with Crippen LogP contribution in [0.1, 0.15) is 5.56 Å². The van der Waals surface area contributed by atoms with Crippen molar-refractivity contribution in [1.29, 1.82) is 0 Å². The summed E-state index contributed by atoms with van der Waals surface area (Å²) in [5.74, 6) is 0.442. The molecule has 1 aromatic rings. The summed E-state index contributed by atoms with van der Waals surface area (Å²) in [5, 5.41) is 10.3. The van der Waals surface area contributed by atoms with Crippen LogP contribution in [0.25, 0.3) is 0 Å². The molecule has 1 unspecified atom stereocenters. The summed E-state index contributed by atoms with van der Waals surface area (Å²) in [6, 6.07) is 11.4. The zero-order valence-corrected chi connectivity index (χ0v) is 16.3.